The summed E-state index contributed by atoms with van der Waals surface area (Å²) in [6.45, 7) is 0.894. The first-order chi connectivity index (χ1) is 12.7. The van der Waals surface area contributed by atoms with Gasteiger partial charge in [0, 0.05) is 18.7 Å². The number of H-pyrrole nitrogens is 2. The highest BCUT2D eigenvalue weighted by atomic mass is 16.5. The van der Waals surface area contributed by atoms with Gasteiger partial charge < -0.3 is 19.6 Å². The van der Waals surface area contributed by atoms with Gasteiger partial charge in [0.15, 0.2) is 0 Å². The minimum atomic E-state index is -0.341. The number of methoxy groups -OCH3 is 1. The summed E-state index contributed by atoms with van der Waals surface area (Å²) in [5.41, 5.74) is 2.75. The van der Waals surface area contributed by atoms with Gasteiger partial charge in [0.05, 0.1) is 37.6 Å². The van der Waals surface area contributed by atoms with Gasteiger partial charge in [-0.2, -0.15) is 0 Å². The minimum absolute atomic E-state index is 0.0531. The van der Waals surface area contributed by atoms with Gasteiger partial charge in [0.1, 0.15) is 11.4 Å². The van der Waals surface area contributed by atoms with Crippen molar-refractivity contribution in [2.45, 2.75) is 12.5 Å². The van der Waals surface area contributed by atoms with Crippen molar-refractivity contribution in [2.75, 3.05) is 13.7 Å². The van der Waals surface area contributed by atoms with Crippen molar-refractivity contribution in [2.24, 2.45) is 0 Å². The molecule has 0 saturated heterocycles. The summed E-state index contributed by atoms with van der Waals surface area (Å²) in [7, 11) is 1.62. The molecule has 3 heterocycles. The molecule has 8 heteroatoms. The molecule has 2 N–H and O–H groups in total. The van der Waals surface area contributed by atoms with Crippen LogP contribution in [-0.4, -0.2) is 44.4 Å². The Hall–Kier alpha value is -3.42. The molecule has 0 bridgehead atoms. The van der Waals surface area contributed by atoms with Crippen LogP contribution in [0, 0.1) is 0 Å². The smallest absolute Gasteiger partial charge is 0.274 e. The van der Waals surface area contributed by atoms with Crippen LogP contribution < -0.4 is 10.3 Å². The molecule has 0 radical (unpaired) electrons. The predicted octanol–water partition coefficient (Wildman–Crippen LogP) is 1.29. The standard InChI is InChI=1S/C18H17N5O3/c1-26-12-4-2-11(3-5-12)13-8-23(9-15-17(13)22-10-21-15)18(25)14-6-20-16(24)7-19-14/h2-7,10,13H,8-9H2,1H3,(H,20,24)(H,21,22). The fraction of sp³-hybridized carbons (Fsp3) is 0.222. The molecule has 132 valence electrons. The average Bonchev–Trinajstić information content (AvgIpc) is 3.16. The molecule has 1 unspecified atom stereocenters. The number of rotatable bonds is 3. The Morgan fingerprint density at radius 1 is 1.23 bits per heavy atom. The molecule has 2 aromatic heterocycles. The summed E-state index contributed by atoms with van der Waals surface area (Å²) in [5, 5.41) is 0. The normalized spacial score (nSPS) is 16.2. The van der Waals surface area contributed by atoms with Crippen molar-refractivity contribution in [3.05, 3.63) is 76.0 Å². The molecule has 1 atom stereocenters. The van der Waals surface area contributed by atoms with E-state index in [1.165, 1.54) is 6.20 Å². The number of aromatic amines is 2. The number of nitrogens with one attached hydrogen (secondary N) is 2. The third-order valence-corrected chi connectivity index (χ3v) is 4.53. The van der Waals surface area contributed by atoms with Crippen LogP contribution in [0.15, 0.2) is 47.8 Å². The van der Waals surface area contributed by atoms with Gasteiger partial charge in [-0.25, -0.2) is 9.97 Å². The Bertz CT molecular complexity index is 972. The van der Waals surface area contributed by atoms with Crippen molar-refractivity contribution < 1.29 is 9.53 Å². The molecule has 8 nitrogen and oxygen atoms in total. The van der Waals surface area contributed by atoms with Crippen molar-refractivity contribution in [3.63, 3.8) is 0 Å². The van der Waals surface area contributed by atoms with E-state index >= 15 is 0 Å². The number of carbonyl (C=O) groups excluding carboxylic acids is 1. The van der Waals surface area contributed by atoms with Crippen LogP contribution in [0.4, 0.5) is 0 Å². The first-order valence-corrected chi connectivity index (χ1v) is 8.16. The number of amides is 1. The second-order valence-electron chi connectivity index (χ2n) is 6.07. The van der Waals surface area contributed by atoms with Crippen LogP contribution in [0.25, 0.3) is 0 Å². The number of ether oxygens (including phenoxy) is 1. The number of nitrogens with zero attached hydrogens (tertiary/aromatic N) is 3. The Morgan fingerprint density at radius 2 is 2.04 bits per heavy atom. The Kier molecular flexibility index (Phi) is 4.00. The van der Waals surface area contributed by atoms with E-state index in [1.54, 1.807) is 18.3 Å². The van der Waals surface area contributed by atoms with Crippen LogP contribution in [0.5, 0.6) is 5.75 Å². The van der Waals surface area contributed by atoms with Crippen LogP contribution in [0.3, 0.4) is 0 Å². The number of fused-ring (bicyclic) bond motifs is 1. The van der Waals surface area contributed by atoms with Gasteiger partial charge in [-0.15, -0.1) is 0 Å². The van der Waals surface area contributed by atoms with E-state index < -0.39 is 0 Å². The highest BCUT2D eigenvalue weighted by molar-refractivity contribution is 5.92. The van der Waals surface area contributed by atoms with E-state index in [0.717, 1.165) is 28.9 Å². The lowest BCUT2D eigenvalue weighted by Crippen LogP contribution is -2.39. The summed E-state index contributed by atoms with van der Waals surface area (Å²) in [4.78, 5) is 39.7. The number of carbonyl (C=O) groups is 1. The lowest BCUT2D eigenvalue weighted by Gasteiger charge is -2.32. The molecule has 1 aromatic carbocycles. The Morgan fingerprint density at radius 3 is 2.73 bits per heavy atom. The Labute approximate surface area is 148 Å². The van der Waals surface area contributed by atoms with E-state index in [9.17, 15) is 9.59 Å². The van der Waals surface area contributed by atoms with Crippen LogP contribution >= 0.6 is 0 Å². The van der Waals surface area contributed by atoms with Gasteiger partial charge in [0.2, 0.25) is 0 Å². The highest BCUT2D eigenvalue weighted by Crippen LogP contribution is 2.32. The highest BCUT2D eigenvalue weighted by Gasteiger charge is 2.32. The first kappa shape index (κ1) is 16.1. The topological polar surface area (TPSA) is 104 Å². The first-order valence-electron chi connectivity index (χ1n) is 8.16. The average molecular weight is 351 g/mol. The van der Waals surface area contributed by atoms with Crippen LogP contribution in [0.1, 0.15) is 33.4 Å². The molecule has 26 heavy (non-hydrogen) atoms. The molecule has 1 amide bonds. The lowest BCUT2D eigenvalue weighted by atomic mass is 9.90. The summed E-state index contributed by atoms with van der Waals surface area (Å²) >= 11 is 0. The van der Waals surface area contributed by atoms with E-state index in [-0.39, 0.29) is 23.1 Å². The van der Waals surface area contributed by atoms with Gasteiger partial charge in [-0.1, -0.05) is 12.1 Å². The van der Waals surface area contributed by atoms with Crippen molar-refractivity contribution in [1.29, 1.82) is 0 Å². The molecular weight excluding hydrogens is 334 g/mol. The maximum absolute atomic E-state index is 12.8. The second-order valence-corrected chi connectivity index (χ2v) is 6.07. The summed E-state index contributed by atoms with van der Waals surface area (Å²) in [6, 6.07) is 7.75. The molecule has 0 spiro atoms. The van der Waals surface area contributed by atoms with E-state index in [1.807, 2.05) is 24.3 Å². The number of hydrogen-bond donors (Lipinski definition) is 2. The van der Waals surface area contributed by atoms with E-state index in [2.05, 4.69) is 19.9 Å². The largest absolute Gasteiger partial charge is 0.497 e. The number of benzene rings is 1. The van der Waals surface area contributed by atoms with Crippen molar-refractivity contribution in [3.8, 4) is 5.75 Å². The molecule has 4 rings (SSSR count). The van der Waals surface area contributed by atoms with Crippen molar-refractivity contribution in [1.82, 2.24) is 24.8 Å². The summed E-state index contributed by atoms with van der Waals surface area (Å²) in [5.74, 6) is 0.486. The Balaban J connectivity index is 1.66. The van der Waals surface area contributed by atoms with E-state index in [0.29, 0.717) is 13.1 Å². The third kappa shape index (κ3) is 2.85. The SMILES string of the molecule is COc1ccc(C2CN(C(=O)c3c[nH]c(=O)cn3)Cc3[nH]cnc32)cc1. The summed E-state index contributed by atoms with van der Waals surface area (Å²) < 4.78 is 5.21. The molecule has 1 aliphatic rings. The predicted molar refractivity (Wildman–Crippen MR) is 93.0 cm³/mol. The monoisotopic (exact) mass is 351 g/mol. The number of aromatic nitrogens is 4. The van der Waals surface area contributed by atoms with Gasteiger partial charge in [0.25, 0.3) is 11.5 Å². The fourth-order valence-electron chi connectivity index (χ4n) is 3.20. The summed E-state index contributed by atoms with van der Waals surface area (Å²) in [6.07, 6.45) is 4.10. The quantitative estimate of drug-likeness (QED) is 0.740. The fourth-order valence-corrected chi connectivity index (χ4v) is 3.20. The van der Waals surface area contributed by atoms with Gasteiger partial charge in [-0.3, -0.25) is 9.59 Å². The zero-order valence-electron chi connectivity index (χ0n) is 14.1. The van der Waals surface area contributed by atoms with Crippen LogP contribution in [-0.2, 0) is 6.54 Å². The second kappa shape index (κ2) is 6.47. The lowest BCUT2D eigenvalue weighted by molar-refractivity contribution is 0.0715. The van der Waals surface area contributed by atoms with Crippen molar-refractivity contribution >= 4 is 5.91 Å². The molecule has 1 aliphatic heterocycles. The molecule has 3 aromatic rings. The minimum Gasteiger partial charge on any atom is -0.497 e. The van der Waals surface area contributed by atoms with Gasteiger partial charge >= 0.3 is 0 Å². The van der Waals surface area contributed by atoms with Gasteiger partial charge in [-0.05, 0) is 17.7 Å². The van der Waals surface area contributed by atoms with Crippen LogP contribution in [0.2, 0.25) is 0 Å². The zero-order valence-corrected chi connectivity index (χ0v) is 14.1. The number of hydrogen-bond acceptors (Lipinski definition) is 5. The number of imidazole rings is 1. The van der Waals surface area contributed by atoms with E-state index in [4.69, 9.17) is 4.74 Å². The molecule has 0 saturated carbocycles. The molecule has 0 aliphatic carbocycles. The molecular formula is C18H17N5O3. The zero-order chi connectivity index (χ0) is 18.1. The maximum Gasteiger partial charge on any atom is 0.274 e. The molecule has 0 fully saturated rings. The maximum atomic E-state index is 12.8. The third-order valence-electron chi connectivity index (χ3n) is 4.53.